The molecule has 1 N–H and O–H groups in total. The molecule has 1 aromatic rings. The molecular formula is C15H21ClF2N2O3. The van der Waals surface area contributed by atoms with Gasteiger partial charge in [-0.2, -0.15) is 8.78 Å². The molecule has 1 heterocycles. The van der Waals surface area contributed by atoms with E-state index in [0.29, 0.717) is 12.1 Å². The minimum absolute atomic E-state index is 0. The number of carbonyl (C=O) groups excluding carboxylic acids is 1. The molecule has 5 nitrogen and oxygen atoms in total. The Hall–Kier alpha value is -1.60. The van der Waals surface area contributed by atoms with Crippen LogP contribution in [-0.4, -0.2) is 44.2 Å². The van der Waals surface area contributed by atoms with Crippen molar-refractivity contribution in [2.45, 2.75) is 32.0 Å². The van der Waals surface area contributed by atoms with Crippen LogP contribution in [0.3, 0.4) is 0 Å². The van der Waals surface area contributed by atoms with Crippen molar-refractivity contribution in [3.05, 3.63) is 23.8 Å². The molecule has 1 aromatic carbocycles. The summed E-state index contributed by atoms with van der Waals surface area (Å²) in [5.74, 6) is 0.204. The lowest BCUT2D eigenvalue weighted by molar-refractivity contribution is -0.132. The van der Waals surface area contributed by atoms with Crippen LogP contribution in [0.5, 0.6) is 11.5 Å². The third-order valence-corrected chi connectivity index (χ3v) is 3.60. The molecule has 1 fully saturated rings. The van der Waals surface area contributed by atoms with Gasteiger partial charge in [-0.1, -0.05) is 6.07 Å². The zero-order valence-corrected chi connectivity index (χ0v) is 13.9. The van der Waals surface area contributed by atoms with E-state index < -0.39 is 6.61 Å². The van der Waals surface area contributed by atoms with E-state index in [1.807, 2.05) is 0 Å². The first-order valence-electron chi connectivity index (χ1n) is 7.11. The van der Waals surface area contributed by atoms with Crippen LogP contribution in [0.25, 0.3) is 0 Å². The van der Waals surface area contributed by atoms with Gasteiger partial charge in [-0.3, -0.25) is 4.79 Å². The summed E-state index contributed by atoms with van der Waals surface area (Å²) in [4.78, 5) is 13.8. The van der Waals surface area contributed by atoms with Gasteiger partial charge >= 0.3 is 6.61 Å². The number of benzene rings is 1. The van der Waals surface area contributed by atoms with E-state index in [9.17, 15) is 13.6 Å². The van der Waals surface area contributed by atoms with Crippen LogP contribution in [0.1, 0.15) is 18.4 Å². The number of nitrogens with one attached hydrogen (secondary N) is 1. The molecule has 1 aliphatic rings. The molecule has 1 atom stereocenters. The summed E-state index contributed by atoms with van der Waals surface area (Å²) in [6.07, 6.45) is 1.81. The molecular weight excluding hydrogens is 330 g/mol. The zero-order valence-electron chi connectivity index (χ0n) is 13.1. The number of carbonyl (C=O) groups is 1. The molecule has 8 heteroatoms. The quantitative estimate of drug-likeness (QED) is 0.856. The van der Waals surface area contributed by atoms with Crippen molar-refractivity contribution >= 4 is 18.3 Å². The molecule has 130 valence electrons. The van der Waals surface area contributed by atoms with E-state index in [1.54, 1.807) is 24.1 Å². The van der Waals surface area contributed by atoms with Gasteiger partial charge in [0, 0.05) is 13.6 Å². The van der Waals surface area contributed by atoms with Crippen LogP contribution in [0.15, 0.2) is 18.2 Å². The first-order valence-corrected chi connectivity index (χ1v) is 7.11. The first kappa shape index (κ1) is 19.4. The molecule has 0 saturated carbocycles. The Kier molecular flexibility index (Phi) is 7.51. The molecule has 2 rings (SSSR count). The van der Waals surface area contributed by atoms with E-state index in [4.69, 9.17) is 4.74 Å². The number of amides is 1. The maximum Gasteiger partial charge on any atom is 0.387 e. The summed E-state index contributed by atoms with van der Waals surface area (Å²) in [7, 11) is 3.08. The fourth-order valence-corrected chi connectivity index (χ4v) is 2.52. The summed E-state index contributed by atoms with van der Waals surface area (Å²) in [6, 6.07) is 4.60. The van der Waals surface area contributed by atoms with Gasteiger partial charge in [-0.15, -0.1) is 12.4 Å². The Labute approximate surface area is 140 Å². The highest BCUT2D eigenvalue weighted by Gasteiger charge is 2.25. The van der Waals surface area contributed by atoms with Gasteiger partial charge in [-0.25, -0.2) is 0 Å². The number of nitrogens with zero attached hydrogens (tertiary/aromatic N) is 1. The Morgan fingerprint density at radius 1 is 1.43 bits per heavy atom. The van der Waals surface area contributed by atoms with Gasteiger partial charge < -0.3 is 19.7 Å². The smallest absolute Gasteiger partial charge is 0.387 e. The second-order valence-corrected chi connectivity index (χ2v) is 5.21. The topological polar surface area (TPSA) is 50.8 Å². The van der Waals surface area contributed by atoms with Crippen LogP contribution in [0.4, 0.5) is 8.78 Å². The molecule has 1 unspecified atom stereocenters. The van der Waals surface area contributed by atoms with Gasteiger partial charge in [0.1, 0.15) is 0 Å². The zero-order chi connectivity index (χ0) is 16.1. The predicted octanol–water partition coefficient (Wildman–Crippen LogP) is 2.43. The Morgan fingerprint density at radius 2 is 2.17 bits per heavy atom. The fourth-order valence-electron chi connectivity index (χ4n) is 2.52. The maximum absolute atomic E-state index is 12.4. The number of rotatable bonds is 6. The molecule has 1 amide bonds. The highest BCUT2D eigenvalue weighted by Crippen LogP contribution is 2.30. The minimum atomic E-state index is -2.92. The molecule has 1 aliphatic heterocycles. The van der Waals surface area contributed by atoms with Crippen LogP contribution < -0.4 is 14.8 Å². The number of ether oxygens (including phenoxy) is 2. The van der Waals surface area contributed by atoms with E-state index in [1.165, 1.54) is 13.2 Å². The van der Waals surface area contributed by atoms with Crippen LogP contribution >= 0.6 is 12.4 Å². The van der Waals surface area contributed by atoms with E-state index in [-0.39, 0.29) is 35.9 Å². The van der Waals surface area contributed by atoms with Crippen molar-refractivity contribution in [3.8, 4) is 11.5 Å². The molecule has 1 saturated heterocycles. The summed E-state index contributed by atoms with van der Waals surface area (Å²) < 4.78 is 34.3. The summed E-state index contributed by atoms with van der Waals surface area (Å²) in [6.45, 7) is -1.76. The SMILES string of the molecule is COc1ccc(CN(C)C(=O)C2CCCN2)cc1OC(F)F.Cl. The van der Waals surface area contributed by atoms with Crippen LogP contribution in [0.2, 0.25) is 0 Å². The van der Waals surface area contributed by atoms with Gasteiger partial charge in [0.05, 0.1) is 13.2 Å². The van der Waals surface area contributed by atoms with Crippen molar-refractivity contribution < 1.29 is 23.0 Å². The summed E-state index contributed by atoms with van der Waals surface area (Å²) in [5.41, 5.74) is 0.699. The standard InChI is InChI=1S/C15H20F2N2O3.ClH/c1-19(14(20)11-4-3-7-18-11)9-10-5-6-12(21-2)13(8-10)22-15(16)17;/h5-6,8,11,15,18H,3-4,7,9H2,1-2H3;1H. The summed E-state index contributed by atoms with van der Waals surface area (Å²) in [5, 5.41) is 3.14. The lowest BCUT2D eigenvalue weighted by Gasteiger charge is -2.21. The fraction of sp³-hybridized carbons (Fsp3) is 0.533. The first-order chi connectivity index (χ1) is 10.5. The highest BCUT2D eigenvalue weighted by atomic mass is 35.5. The monoisotopic (exact) mass is 350 g/mol. The Morgan fingerprint density at radius 3 is 2.74 bits per heavy atom. The maximum atomic E-state index is 12.4. The Balaban J connectivity index is 0.00000264. The van der Waals surface area contributed by atoms with Crippen molar-refractivity contribution in [2.24, 2.45) is 0 Å². The normalized spacial score (nSPS) is 16.8. The van der Waals surface area contributed by atoms with Crippen molar-refractivity contribution in [1.82, 2.24) is 10.2 Å². The average Bonchev–Trinajstić information content (AvgIpc) is 3.00. The van der Waals surface area contributed by atoms with Crippen molar-refractivity contribution in [2.75, 3.05) is 20.7 Å². The van der Waals surface area contributed by atoms with Crippen molar-refractivity contribution in [3.63, 3.8) is 0 Å². The second-order valence-electron chi connectivity index (χ2n) is 5.21. The van der Waals surface area contributed by atoms with Gasteiger partial charge in [-0.05, 0) is 37.1 Å². The number of hydrogen-bond donors (Lipinski definition) is 1. The highest BCUT2D eigenvalue weighted by molar-refractivity contribution is 5.85. The van der Waals surface area contributed by atoms with Gasteiger partial charge in [0.25, 0.3) is 0 Å². The van der Waals surface area contributed by atoms with Gasteiger partial charge in [0.2, 0.25) is 5.91 Å². The molecule has 0 radical (unpaired) electrons. The number of halogens is 3. The third kappa shape index (κ3) is 5.21. The lowest BCUT2D eigenvalue weighted by Crippen LogP contribution is -2.41. The average molecular weight is 351 g/mol. The van der Waals surface area contributed by atoms with E-state index in [2.05, 4.69) is 10.1 Å². The lowest BCUT2D eigenvalue weighted by atomic mass is 10.1. The molecule has 0 spiro atoms. The molecule has 0 bridgehead atoms. The second kappa shape index (κ2) is 8.88. The molecule has 0 aliphatic carbocycles. The molecule has 0 aromatic heterocycles. The predicted molar refractivity (Wildman–Crippen MR) is 84.4 cm³/mol. The summed E-state index contributed by atoms with van der Waals surface area (Å²) >= 11 is 0. The van der Waals surface area contributed by atoms with Crippen LogP contribution in [0, 0.1) is 0 Å². The number of methoxy groups -OCH3 is 1. The largest absolute Gasteiger partial charge is 0.493 e. The number of likely N-dealkylation sites (N-methyl/N-ethyl adjacent to an activating group) is 1. The van der Waals surface area contributed by atoms with Crippen LogP contribution in [-0.2, 0) is 11.3 Å². The number of hydrogen-bond acceptors (Lipinski definition) is 4. The van der Waals surface area contributed by atoms with E-state index in [0.717, 1.165) is 19.4 Å². The number of alkyl halides is 2. The van der Waals surface area contributed by atoms with E-state index >= 15 is 0 Å². The van der Waals surface area contributed by atoms with Crippen molar-refractivity contribution in [1.29, 1.82) is 0 Å². The van der Waals surface area contributed by atoms with Gasteiger partial charge in [0.15, 0.2) is 11.5 Å². The third-order valence-electron chi connectivity index (χ3n) is 3.60. The molecule has 23 heavy (non-hydrogen) atoms. The minimum Gasteiger partial charge on any atom is -0.493 e. The Bertz CT molecular complexity index is 525.